The third-order valence-corrected chi connectivity index (χ3v) is 3.66. The molecule has 1 aromatic carbocycles. The van der Waals surface area contributed by atoms with Gasteiger partial charge >= 0.3 is 0 Å². The smallest absolute Gasteiger partial charge is 0.231 e. The highest BCUT2D eigenvalue weighted by Gasteiger charge is 2.17. The van der Waals surface area contributed by atoms with Gasteiger partial charge in [0.05, 0.1) is 0 Å². The molecule has 0 bridgehead atoms. The largest absolute Gasteiger partial charge is 0.454 e. The zero-order valence-electron chi connectivity index (χ0n) is 10.8. The van der Waals surface area contributed by atoms with Crippen molar-refractivity contribution in [3.05, 3.63) is 23.8 Å². The number of nitrogens with one attached hydrogen (secondary N) is 1. The van der Waals surface area contributed by atoms with E-state index >= 15 is 0 Å². The molecule has 0 aromatic heterocycles. The molecule has 4 heteroatoms. The van der Waals surface area contributed by atoms with Crippen molar-refractivity contribution in [2.24, 2.45) is 0 Å². The van der Waals surface area contributed by atoms with Crippen LogP contribution >= 0.6 is 0 Å². The first-order valence-corrected chi connectivity index (χ1v) is 6.62. The van der Waals surface area contributed by atoms with Crippen molar-refractivity contribution in [3.63, 3.8) is 0 Å². The Morgan fingerprint density at radius 1 is 1.33 bits per heavy atom. The van der Waals surface area contributed by atoms with E-state index in [1.807, 2.05) is 6.07 Å². The van der Waals surface area contributed by atoms with Crippen molar-refractivity contribution in [2.75, 3.05) is 26.9 Å². The molecule has 2 heterocycles. The number of nitrogens with zero attached hydrogens (tertiary/aromatic N) is 1. The molecule has 0 spiro atoms. The topological polar surface area (TPSA) is 33.7 Å². The average Bonchev–Trinajstić information content (AvgIpc) is 2.84. The SMILES string of the molecule is CN1CCCC(NCc2ccc3c(c2)OCO3)C1. The van der Waals surface area contributed by atoms with Gasteiger partial charge in [-0.25, -0.2) is 0 Å². The van der Waals surface area contributed by atoms with Crippen LogP contribution in [-0.4, -0.2) is 37.9 Å². The summed E-state index contributed by atoms with van der Waals surface area (Å²) in [7, 11) is 2.19. The molecule has 2 aliphatic rings. The summed E-state index contributed by atoms with van der Waals surface area (Å²) in [6, 6.07) is 6.77. The molecular weight excluding hydrogens is 228 g/mol. The minimum atomic E-state index is 0.347. The van der Waals surface area contributed by atoms with Crippen LogP contribution < -0.4 is 14.8 Å². The molecule has 0 amide bonds. The van der Waals surface area contributed by atoms with Gasteiger partial charge in [-0.05, 0) is 44.1 Å². The van der Waals surface area contributed by atoms with Crippen molar-refractivity contribution >= 4 is 0 Å². The van der Waals surface area contributed by atoms with Gasteiger partial charge in [-0.1, -0.05) is 6.07 Å². The fraction of sp³-hybridized carbons (Fsp3) is 0.571. The Morgan fingerprint density at radius 3 is 3.11 bits per heavy atom. The second-order valence-electron chi connectivity index (χ2n) is 5.17. The van der Waals surface area contributed by atoms with Crippen LogP contribution in [0.3, 0.4) is 0 Å². The van der Waals surface area contributed by atoms with E-state index in [4.69, 9.17) is 9.47 Å². The van der Waals surface area contributed by atoms with E-state index in [-0.39, 0.29) is 0 Å². The first-order valence-electron chi connectivity index (χ1n) is 6.62. The number of rotatable bonds is 3. The molecular formula is C14H20N2O2. The van der Waals surface area contributed by atoms with Gasteiger partial charge in [-0.15, -0.1) is 0 Å². The molecule has 1 unspecified atom stereocenters. The van der Waals surface area contributed by atoms with Gasteiger partial charge in [0.1, 0.15) is 0 Å². The fourth-order valence-corrected chi connectivity index (χ4v) is 2.65. The van der Waals surface area contributed by atoms with Crippen LogP contribution in [0.25, 0.3) is 0 Å². The highest BCUT2D eigenvalue weighted by atomic mass is 16.7. The lowest BCUT2D eigenvalue weighted by atomic mass is 10.1. The van der Waals surface area contributed by atoms with Gasteiger partial charge in [0, 0.05) is 19.1 Å². The lowest BCUT2D eigenvalue weighted by Crippen LogP contribution is -2.43. The van der Waals surface area contributed by atoms with E-state index in [1.54, 1.807) is 0 Å². The van der Waals surface area contributed by atoms with Gasteiger partial charge in [0.25, 0.3) is 0 Å². The minimum Gasteiger partial charge on any atom is -0.454 e. The molecule has 18 heavy (non-hydrogen) atoms. The third kappa shape index (κ3) is 2.60. The number of benzene rings is 1. The molecule has 0 radical (unpaired) electrons. The van der Waals surface area contributed by atoms with Crippen molar-refractivity contribution in [1.82, 2.24) is 10.2 Å². The van der Waals surface area contributed by atoms with Crippen LogP contribution in [0.1, 0.15) is 18.4 Å². The van der Waals surface area contributed by atoms with E-state index in [9.17, 15) is 0 Å². The maximum absolute atomic E-state index is 5.39. The number of likely N-dealkylation sites (N-methyl/N-ethyl adjacent to an activating group) is 1. The van der Waals surface area contributed by atoms with Gasteiger partial charge in [0.2, 0.25) is 6.79 Å². The van der Waals surface area contributed by atoms with Crippen LogP contribution in [0.5, 0.6) is 11.5 Å². The molecule has 3 rings (SSSR count). The van der Waals surface area contributed by atoms with Crippen molar-refractivity contribution in [1.29, 1.82) is 0 Å². The van der Waals surface area contributed by atoms with E-state index in [2.05, 4.69) is 29.4 Å². The van der Waals surface area contributed by atoms with Crippen molar-refractivity contribution < 1.29 is 9.47 Å². The standard InChI is InChI=1S/C14H20N2O2/c1-16-6-2-3-12(9-16)15-8-11-4-5-13-14(7-11)18-10-17-13/h4-5,7,12,15H,2-3,6,8-10H2,1H3. The van der Waals surface area contributed by atoms with Crippen LogP contribution in [0.4, 0.5) is 0 Å². The summed E-state index contributed by atoms with van der Waals surface area (Å²) < 4.78 is 10.7. The number of piperidine rings is 1. The molecule has 2 aliphatic heterocycles. The first-order chi connectivity index (χ1) is 8.81. The monoisotopic (exact) mass is 248 g/mol. The predicted octanol–water partition coefficient (Wildman–Crippen LogP) is 1.60. The second kappa shape index (κ2) is 5.16. The molecule has 0 saturated carbocycles. The Labute approximate surface area is 108 Å². The summed E-state index contributed by atoms with van der Waals surface area (Å²) in [5.74, 6) is 1.73. The summed E-state index contributed by atoms with van der Waals surface area (Å²) in [5.41, 5.74) is 1.26. The summed E-state index contributed by atoms with van der Waals surface area (Å²) in [4.78, 5) is 2.39. The van der Waals surface area contributed by atoms with Gasteiger partial charge in [0.15, 0.2) is 11.5 Å². The number of ether oxygens (including phenoxy) is 2. The Bertz CT molecular complexity index is 422. The minimum absolute atomic E-state index is 0.347. The summed E-state index contributed by atoms with van der Waals surface area (Å²) in [6.07, 6.45) is 2.56. The van der Waals surface area contributed by atoms with Crippen LogP contribution in [0, 0.1) is 0 Å². The van der Waals surface area contributed by atoms with Crippen molar-refractivity contribution in [3.8, 4) is 11.5 Å². The zero-order valence-corrected chi connectivity index (χ0v) is 10.8. The van der Waals surface area contributed by atoms with Gasteiger partial charge in [-0.2, -0.15) is 0 Å². The van der Waals surface area contributed by atoms with E-state index < -0.39 is 0 Å². The maximum atomic E-state index is 5.39. The predicted molar refractivity (Wildman–Crippen MR) is 69.9 cm³/mol. The first kappa shape index (κ1) is 11.8. The Hall–Kier alpha value is -1.26. The summed E-state index contributed by atoms with van der Waals surface area (Å²) in [6.45, 7) is 3.61. The highest BCUT2D eigenvalue weighted by molar-refractivity contribution is 5.44. The lowest BCUT2D eigenvalue weighted by Gasteiger charge is -2.30. The van der Waals surface area contributed by atoms with E-state index in [1.165, 1.54) is 24.9 Å². The Kier molecular flexibility index (Phi) is 3.39. The van der Waals surface area contributed by atoms with Gasteiger partial charge < -0.3 is 19.7 Å². The lowest BCUT2D eigenvalue weighted by molar-refractivity contribution is 0.174. The van der Waals surface area contributed by atoms with E-state index in [0.717, 1.165) is 24.6 Å². The van der Waals surface area contributed by atoms with Gasteiger partial charge in [-0.3, -0.25) is 0 Å². The molecule has 0 aliphatic carbocycles. The maximum Gasteiger partial charge on any atom is 0.231 e. The molecule has 98 valence electrons. The molecule has 4 nitrogen and oxygen atoms in total. The summed E-state index contributed by atoms with van der Waals surface area (Å²) in [5, 5.41) is 3.62. The van der Waals surface area contributed by atoms with Crippen LogP contribution in [0.15, 0.2) is 18.2 Å². The Morgan fingerprint density at radius 2 is 2.22 bits per heavy atom. The fourth-order valence-electron chi connectivity index (χ4n) is 2.65. The molecule has 1 saturated heterocycles. The third-order valence-electron chi connectivity index (χ3n) is 3.66. The quantitative estimate of drug-likeness (QED) is 0.881. The normalized spacial score (nSPS) is 23.3. The second-order valence-corrected chi connectivity index (χ2v) is 5.17. The molecule has 1 atom stereocenters. The van der Waals surface area contributed by atoms with Crippen LogP contribution in [-0.2, 0) is 6.54 Å². The summed E-state index contributed by atoms with van der Waals surface area (Å²) >= 11 is 0. The number of fused-ring (bicyclic) bond motifs is 1. The Balaban J connectivity index is 1.56. The average molecular weight is 248 g/mol. The number of likely N-dealkylation sites (tertiary alicyclic amines) is 1. The molecule has 1 N–H and O–H groups in total. The van der Waals surface area contributed by atoms with E-state index in [0.29, 0.717) is 12.8 Å². The molecule has 1 aromatic rings. The number of hydrogen-bond donors (Lipinski definition) is 1. The van der Waals surface area contributed by atoms with Crippen LogP contribution in [0.2, 0.25) is 0 Å². The van der Waals surface area contributed by atoms with Crippen molar-refractivity contribution in [2.45, 2.75) is 25.4 Å². The molecule has 1 fully saturated rings. The zero-order chi connectivity index (χ0) is 12.4. The highest BCUT2D eigenvalue weighted by Crippen LogP contribution is 2.32. The number of hydrogen-bond acceptors (Lipinski definition) is 4.